The Labute approximate surface area is 288 Å². The van der Waals surface area contributed by atoms with Gasteiger partial charge >= 0.3 is 0 Å². The normalized spacial score (nSPS) is 12.0. The SMILES string of the molecule is [C-]#[N+]c1c(/N=N/c2ccc(N(CCOCCOCC[N+](CC)(CC)CC)CCOCC[N+](CC)(CC)CC)cc2C)sc(C#N)c1C. The maximum atomic E-state index is 9.36. The van der Waals surface area contributed by atoms with Crippen LogP contribution in [0.4, 0.5) is 22.1 Å². The molecule has 1 heterocycles. The molecular formula is C36H59N7O3S+2. The van der Waals surface area contributed by atoms with Gasteiger partial charge in [-0.15, -0.1) is 11.3 Å². The van der Waals surface area contributed by atoms with E-state index >= 15 is 0 Å². The van der Waals surface area contributed by atoms with Crippen molar-refractivity contribution in [3.8, 4) is 6.07 Å². The molecule has 47 heavy (non-hydrogen) atoms. The van der Waals surface area contributed by atoms with Crippen LogP contribution in [0.3, 0.4) is 0 Å². The number of quaternary nitrogens is 2. The topological polar surface area (TPSA) is 83.8 Å². The number of ether oxygens (including phenoxy) is 3. The minimum absolute atomic E-state index is 0.393. The van der Waals surface area contributed by atoms with Gasteiger partial charge in [0, 0.05) is 18.8 Å². The first-order valence-corrected chi connectivity index (χ1v) is 18.1. The molecule has 0 saturated heterocycles. The zero-order valence-electron chi connectivity index (χ0n) is 30.3. The fraction of sp³-hybridized carbons (Fsp3) is 0.667. The molecule has 1 aromatic carbocycles. The number of likely N-dealkylation sites (N-methyl/N-ethyl adjacent to an activating group) is 2. The number of hydrogen-bond acceptors (Lipinski definition) is 8. The van der Waals surface area contributed by atoms with E-state index in [2.05, 4.69) is 73.7 Å². The van der Waals surface area contributed by atoms with E-state index in [4.69, 9.17) is 20.8 Å². The lowest BCUT2D eigenvalue weighted by Gasteiger charge is -2.35. The second-order valence-electron chi connectivity index (χ2n) is 12.0. The minimum Gasteiger partial charge on any atom is -0.377 e. The number of anilines is 1. The molecule has 0 aliphatic rings. The summed E-state index contributed by atoms with van der Waals surface area (Å²) in [6, 6.07) is 8.26. The lowest BCUT2D eigenvalue weighted by Crippen LogP contribution is -2.49. The molecule has 1 aromatic heterocycles. The lowest BCUT2D eigenvalue weighted by molar-refractivity contribution is -0.923. The molecule has 2 aromatic rings. The van der Waals surface area contributed by atoms with Crippen molar-refractivity contribution in [2.24, 2.45) is 10.2 Å². The molecule has 0 aliphatic heterocycles. The summed E-state index contributed by atoms with van der Waals surface area (Å²) in [5.74, 6) is 0. The summed E-state index contributed by atoms with van der Waals surface area (Å²) in [4.78, 5) is 6.37. The zero-order chi connectivity index (χ0) is 34.7. The Morgan fingerprint density at radius 3 is 1.77 bits per heavy atom. The Morgan fingerprint density at radius 1 is 0.787 bits per heavy atom. The van der Waals surface area contributed by atoms with Crippen LogP contribution < -0.4 is 4.90 Å². The van der Waals surface area contributed by atoms with Crippen LogP contribution in [0.5, 0.6) is 0 Å². The Morgan fingerprint density at radius 2 is 1.30 bits per heavy atom. The number of azo groups is 1. The molecular weight excluding hydrogens is 611 g/mol. The third-order valence-corrected chi connectivity index (χ3v) is 11.0. The van der Waals surface area contributed by atoms with Crippen LogP contribution in [-0.4, -0.2) is 114 Å². The largest absolute Gasteiger partial charge is 0.377 e. The maximum absolute atomic E-state index is 9.36. The van der Waals surface area contributed by atoms with Gasteiger partial charge in [-0.05, 0) is 84.7 Å². The molecule has 0 bridgehead atoms. The molecule has 0 atom stereocenters. The van der Waals surface area contributed by atoms with Crippen molar-refractivity contribution < 1.29 is 23.2 Å². The number of thiophene rings is 1. The molecule has 11 heteroatoms. The van der Waals surface area contributed by atoms with Crippen molar-refractivity contribution in [2.45, 2.75) is 55.4 Å². The first-order valence-electron chi connectivity index (χ1n) is 17.3. The first-order chi connectivity index (χ1) is 22.7. The summed E-state index contributed by atoms with van der Waals surface area (Å²) in [6.45, 7) is 39.0. The van der Waals surface area contributed by atoms with E-state index in [-0.39, 0.29) is 0 Å². The predicted octanol–water partition coefficient (Wildman–Crippen LogP) is 7.81. The Kier molecular flexibility index (Phi) is 18.1. The third kappa shape index (κ3) is 11.9. The molecule has 2 rings (SSSR count). The van der Waals surface area contributed by atoms with Crippen molar-refractivity contribution in [1.82, 2.24) is 0 Å². The van der Waals surface area contributed by atoms with Crippen LogP contribution in [0, 0.1) is 31.8 Å². The van der Waals surface area contributed by atoms with Gasteiger partial charge in [0.25, 0.3) is 0 Å². The molecule has 0 aliphatic carbocycles. The first kappa shape index (κ1) is 40.3. The van der Waals surface area contributed by atoms with Crippen molar-refractivity contribution in [2.75, 3.05) is 110 Å². The highest BCUT2D eigenvalue weighted by molar-refractivity contribution is 7.17. The fourth-order valence-corrected chi connectivity index (χ4v) is 6.66. The van der Waals surface area contributed by atoms with E-state index in [1.165, 1.54) is 11.3 Å². The van der Waals surface area contributed by atoms with Crippen LogP contribution in [-0.2, 0) is 14.2 Å². The average molecular weight is 670 g/mol. The molecule has 260 valence electrons. The highest BCUT2D eigenvalue weighted by Gasteiger charge is 2.21. The number of nitrogens with zero attached hydrogens (tertiary/aromatic N) is 7. The number of hydrogen-bond donors (Lipinski definition) is 0. The van der Waals surface area contributed by atoms with Crippen molar-refractivity contribution >= 4 is 33.4 Å². The van der Waals surface area contributed by atoms with Crippen LogP contribution >= 0.6 is 11.3 Å². The van der Waals surface area contributed by atoms with Crippen LogP contribution in [0.1, 0.15) is 57.5 Å². The van der Waals surface area contributed by atoms with E-state index in [1.54, 1.807) is 6.92 Å². The molecule has 0 amide bonds. The fourth-order valence-electron chi connectivity index (χ4n) is 5.79. The molecule has 0 N–H and O–H groups in total. The summed E-state index contributed by atoms with van der Waals surface area (Å²) in [7, 11) is 0. The van der Waals surface area contributed by atoms with Crippen molar-refractivity contribution in [3.63, 3.8) is 0 Å². The molecule has 0 saturated carbocycles. The highest BCUT2D eigenvalue weighted by Crippen LogP contribution is 2.42. The predicted molar refractivity (Wildman–Crippen MR) is 194 cm³/mol. The molecule has 10 nitrogen and oxygen atoms in total. The van der Waals surface area contributed by atoms with E-state index in [9.17, 15) is 5.26 Å². The summed E-state index contributed by atoms with van der Waals surface area (Å²) in [5.41, 5.74) is 3.82. The summed E-state index contributed by atoms with van der Waals surface area (Å²) < 4.78 is 20.2. The third-order valence-electron chi connectivity index (χ3n) is 9.93. The molecule has 0 radical (unpaired) electrons. The smallest absolute Gasteiger partial charge is 0.229 e. The summed E-state index contributed by atoms with van der Waals surface area (Å²) in [5, 5.41) is 18.6. The van der Waals surface area contributed by atoms with Crippen molar-refractivity contribution in [3.05, 3.63) is 45.6 Å². The number of aryl methyl sites for hydroxylation is 1. The average Bonchev–Trinajstić information content (AvgIpc) is 3.42. The van der Waals surface area contributed by atoms with Gasteiger partial charge in [-0.1, -0.05) is 0 Å². The minimum atomic E-state index is 0.393. The van der Waals surface area contributed by atoms with E-state index in [0.717, 1.165) is 105 Å². The Balaban J connectivity index is 2.03. The molecule has 0 spiro atoms. The monoisotopic (exact) mass is 669 g/mol. The zero-order valence-corrected chi connectivity index (χ0v) is 31.1. The highest BCUT2D eigenvalue weighted by atomic mass is 32.1. The van der Waals surface area contributed by atoms with Gasteiger partial charge in [0.15, 0.2) is 0 Å². The van der Waals surface area contributed by atoms with Gasteiger partial charge in [-0.25, -0.2) is 4.85 Å². The Hall–Kier alpha value is -2.90. The van der Waals surface area contributed by atoms with Gasteiger partial charge in [0.2, 0.25) is 5.69 Å². The number of rotatable bonds is 24. The Bertz CT molecular complexity index is 1310. The summed E-state index contributed by atoms with van der Waals surface area (Å²) >= 11 is 1.20. The van der Waals surface area contributed by atoms with E-state index in [0.29, 0.717) is 47.6 Å². The quantitative estimate of drug-likeness (QED) is 0.0493. The van der Waals surface area contributed by atoms with E-state index < -0.39 is 0 Å². The second-order valence-corrected chi connectivity index (χ2v) is 13.0. The van der Waals surface area contributed by atoms with Crippen LogP contribution in [0.2, 0.25) is 0 Å². The van der Waals surface area contributed by atoms with Crippen LogP contribution in [0.25, 0.3) is 4.85 Å². The van der Waals surface area contributed by atoms with Gasteiger partial charge in [-0.2, -0.15) is 15.5 Å². The van der Waals surface area contributed by atoms with Gasteiger partial charge in [-0.3, -0.25) is 0 Å². The van der Waals surface area contributed by atoms with Crippen LogP contribution in [0.15, 0.2) is 28.4 Å². The van der Waals surface area contributed by atoms with Gasteiger partial charge in [0.05, 0.1) is 96.0 Å². The van der Waals surface area contributed by atoms with Gasteiger partial charge in [0.1, 0.15) is 24.2 Å². The summed E-state index contributed by atoms with van der Waals surface area (Å²) in [6.07, 6.45) is 0. The molecule has 0 fully saturated rings. The lowest BCUT2D eigenvalue weighted by atomic mass is 10.1. The second kappa shape index (κ2) is 21.1. The van der Waals surface area contributed by atoms with E-state index in [1.807, 2.05) is 19.1 Å². The standard InChI is InChI=1S/C36H59N7O3S/c1-10-42(11-2,12-3)20-24-44-22-18-41(19-23-45-26-27-46-25-21-43(13-4,14-5)15-6)32-16-17-33(30(7)28-32)39-40-36-35(38-9)31(8)34(29-37)47-36/h16-17,28H,10-15,18-27H2,1-8H3/q+2/b40-39+. The maximum Gasteiger partial charge on any atom is 0.229 e. The number of benzene rings is 1. The molecule has 0 unspecified atom stereocenters. The van der Waals surface area contributed by atoms with Crippen molar-refractivity contribution in [1.29, 1.82) is 5.26 Å². The van der Waals surface area contributed by atoms with Gasteiger partial charge < -0.3 is 28.1 Å². The number of nitriles is 1.